The summed E-state index contributed by atoms with van der Waals surface area (Å²) < 4.78 is 0. The molecule has 0 spiro atoms. The number of fused-ring (bicyclic) bond motifs is 3. The van der Waals surface area contributed by atoms with Crippen LogP contribution in [-0.2, 0) is 19.5 Å². The van der Waals surface area contributed by atoms with Crippen LogP contribution in [0, 0.1) is 6.92 Å². The summed E-state index contributed by atoms with van der Waals surface area (Å²) in [6.45, 7) is 4.97. The van der Waals surface area contributed by atoms with Gasteiger partial charge >= 0.3 is 0 Å². The van der Waals surface area contributed by atoms with E-state index in [1.54, 1.807) is 11.8 Å². The molecule has 0 saturated heterocycles. The van der Waals surface area contributed by atoms with Crippen molar-refractivity contribution in [2.24, 2.45) is 0 Å². The first-order valence-corrected chi connectivity index (χ1v) is 10.8. The number of nitrogens with zero attached hydrogens (tertiary/aromatic N) is 4. The van der Waals surface area contributed by atoms with Gasteiger partial charge in [-0.1, -0.05) is 41.6 Å². The van der Waals surface area contributed by atoms with Gasteiger partial charge in [0.2, 0.25) is 0 Å². The lowest BCUT2D eigenvalue weighted by Gasteiger charge is -2.29. The highest BCUT2D eigenvalue weighted by Crippen LogP contribution is 2.29. The van der Waals surface area contributed by atoms with E-state index >= 15 is 0 Å². The van der Waals surface area contributed by atoms with Crippen LogP contribution < -0.4 is 0 Å². The van der Waals surface area contributed by atoms with Gasteiger partial charge in [-0.05, 0) is 36.9 Å². The number of hydrogen-bond acceptors (Lipinski definition) is 5. The SMILES string of the molecule is CSc1ncc2c(n1)CCN(Cc1c3ccccc3nc3ccc(C)cc13)C2. The molecule has 0 N–H and O–H groups in total. The largest absolute Gasteiger partial charge is 0.294 e. The Morgan fingerprint density at radius 2 is 1.89 bits per heavy atom. The summed E-state index contributed by atoms with van der Waals surface area (Å²) >= 11 is 1.61. The molecule has 0 bridgehead atoms. The van der Waals surface area contributed by atoms with Gasteiger partial charge in [-0.2, -0.15) is 0 Å². The maximum Gasteiger partial charge on any atom is 0.187 e. The Morgan fingerprint density at radius 3 is 2.79 bits per heavy atom. The molecule has 28 heavy (non-hydrogen) atoms. The van der Waals surface area contributed by atoms with Gasteiger partial charge in [0.25, 0.3) is 0 Å². The van der Waals surface area contributed by atoms with Gasteiger partial charge < -0.3 is 0 Å². The Kier molecular flexibility index (Phi) is 4.49. The van der Waals surface area contributed by atoms with E-state index in [4.69, 9.17) is 9.97 Å². The first kappa shape index (κ1) is 17.6. The van der Waals surface area contributed by atoms with E-state index in [9.17, 15) is 0 Å². The fourth-order valence-electron chi connectivity index (χ4n) is 4.07. The second-order valence-corrected chi connectivity index (χ2v) is 8.19. The van der Waals surface area contributed by atoms with Gasteiger partial charge in [-0.15, -0.1) is 0 Å². The monoisotopic (exact) mass is 386 g/mol. The molecule has 5 heteroatoms. The quantitative estimate of drug-likeness (QED) is 0.288. The zero-order chi connectivity index (χ0) is 19.1. The molecule has 5 rings (SSSR count). The molecule has 3 heterocycles. The van der Waals surface area contributed by atoms with Crippen molar-refractivity contribution in [1.82, 2.24) is 19.9 Å². The van der Waals surface area contributed by atoms with Gasteiger partial charge in [-0.3, -0.25) is 4.90 Å². The van der Waals surface area contributed by atoms with Crippen molar-refractivity contribution in [3.63, 3.8) is 0 Å². The highest BCUT2D eigenvalue weighted by atomic mass is 32.2. The van der Waals surface area contributed by atoms with E-state index in [-0.39, 0.29) is 0 Å². The molecule has 1 aliphatic rings. The van der Waals surface area contributed by atoms with Crippen LogP contribution in [0.5, 0.6) is 0 Å². The Bertz CT molecular complexity index is 1190. The minimum absolute atomic E-state index is 0.869. The second kappa shape index (κ2) is 7.15. The predicted molar refractivity (Wildman–Crippen MR) is 116 cm³/mol. The van der Waals surface area contributed by atoms with E-state index in [1.165, 1.54) is 33.2 Å². The summed E-state index contributed by atoms with van der Waals surface area (Å²) in [5.74, 6) is 0. The number of para-hydroxylation sites is 1. The van der Waals surface area contributed by atoms with E-state index in [1.807, 2.05) is 12.5 Å². The Labute approximate surface area is 169 Å². The van der Waals surface area contributed by atoms with Crippen molar-refractivity contribution in [2.45, 2.75) is 31.6 Å². The lowest BCUT2D eigenvalue weighted by atomic mass is 9.99. The zero-order valence-electron chi connectivity index (χ0n) is 16.1. The van der Waals surface area contributed by atoms with Gasteiger partial charge in [0.05, 0.1) is 16.7 Å². The summed E-state index contributed by atoms with van der Waals surface area (Å²) in [7, 11) is 0. The van der Waals surface area contributed by atoms with Crippen LogP contribution >= 0.6 is 11.8 Å². The number of rotatable bonds is 3. The number of hydrogen-bond donors (Lipinski definition) is 0. The third-order valence-corrected chi connectivity index (χ3v) is 6.06. The molecule has 0 atom stereocenters. The molecule has 0 radical (unpaired) electrons. The van der Waals surface area contributed by atoms with Crippen molar-refractivity contribution in [3.8, 4) is 0 Å². The second-order valence-electron chi connectivity index (χ2n) is 7.42. The Hall–Kier alpha value is -2.50. The van der Waals surface area contributed by atoms with Gasteiger partial charge in [0.15, 0.2) is 5.16 Å². The van der Waals surface area contributed by atoms with Crippen molar-refractivity contribution in [1.29, 1.82) is 0 Å². The van der Waals surface area contributed by atoms with Crippen LogP contribution in [0.4, 0.5) is 0 Å². The zero-order valence-corrected chi connectivity index (χ0v) is 17.0. The average Bonchev–Trinajstić information content (AvgIpc) is 2.73. The van der Waals surface area contributed by atoms with Gasteiger partial charge in [0, 0.05) is 48.6 Å². The third kappa shape index (κ3) is 3.15. The van der Waals surface area contributed by atoms with E-state index < -0.39 is 0 Å². The molecule has 0 amide bonds. The normalized spacial score (nSPS) is 14.5. The van der Waals surface area contributed by atoms with Crippen LogP contribution in [0.3, 0.4) is 0 Å². The van der Waals surface area contributed by atoms with Crippen LogP contribution in [0.1, 0.15) is 22.4 Å². The first-order valence-electron chi connectivity index (χ1n) is 9.60. The minimum atomic E-state index is 0.869. The summed E-state index contributed by atoms with van der Waals surface area (Å²) in [5.41, 5.74) is 7.24. The Balaban J connectivity index is 1.56. The highest BCUT2D eigenvalue weighted by Gasteiger charge is 2.20. The number of pyridine rings is 1. The number of aryl methyl sites for hydroxylation is 1. The molecule has 0 unspecified atom stereocenters. The molecule has 140 valence electrons. The average molecular weight is 387 g/mol. The van der Waals surface area contributed by atoms with Crippen molar-refractivity contribution in [2.75, 3.05) is 12.8 Å². The number of benzene rings is 2. The number of aromatic nitrogens is 3. The molecule has 4 nitrogen and oxygen atoms in total. The van der Waals surface area contributed by atoms with Crippen molar-refractivity contribution < 1.29 is 0 Å². The molecular formula is C23H22N4S. The van der Waals surface area contributed by atoms with E-state index in [2.05, 4.69) is 59.3 Å². The standard InChI is InChI=1S/C23H22N4S/c1-15-7-8-22-18(11-15)19(17-5-3-4-6-21(17)25-22)14-27-10-9-20-16(13-27)12-24-23(26-20)28-2/h3-8,11-12H,9-10,13-14H2,1-2H3. The molecule has 2 aromatic heterocycles. The molecular weight excluding hydrogens is 364 g/mol. The number of thioether (sulfide) groups is 1. The maximum atomic E-state index is 4.89. The summed E-state index contributed by atoms with van der Waals surface area (Å²) in [6, 6.07) is 15.0. The minimum Gasteiger partial charge on any atom is -0.294 e. The predicted octanol–water partition coefficient (Wildman–Crippen LogP) is 4.77. The van der Waals surface area contributed by atoms with Gasteiger partial charge in [0.1, 0.15) is 0 Å². The van der Waals surface area contributed by atoms with Crippen LogP contribution in [0.25, 0.3) is 21.8 Å². The molecule has 1 aliphatic heterocycles. The third-order valence-electron chi connectivity index (χ3n) is 5.50. The lowest BCUT2D eigenvalue weighted by Crippen LogP contribution is -2.31. The van der Waals surface area contributed by atoms with Crippen LogP contribution in [0.2, 0.25) is 0 Å². The molecule has 2 aromatic carbocycles. The van der Waals surface area contributed by atoms with Crippen LogP contribution in [0.15, 0.2) is 53.8 Å². The maximum absolute atomic E-state index is 4.89. The molecule has 4 aromatic rings. The van der Waals surface area contributed by atoms with E-state index in [0.717, 1.165) is 42.2 Å². The fraction of sp³-hybridized carbons (Fsp3) is 0.261. The Morgan fingerprint density at radius 1 is 1.04 bits per heavy atom. The first-order chi connectivity index (χ1) is 13.7. The van der Waals surface area contributed by atoms with Crippen molar-refractivity contribution in [3.05, 3.63) is 71.0 Å². The van der Waals surface area contributed by atoms with Crippen LogP contribution in [-0.4, -0.2) is 32.7 Å². The smallest absolute Gasteiger partial charge is 0.187 e. The summed E-state index contributed by atoms with van der Waals surface area (Å²) in [5, 5.41) is 3.38. The highest BCUT2D eigenvalue weighted by molar-refractivity contribution is 7.98. The molecule has 0 aliphatic carbocycles. The van der Waals surface area contributed by atoms with E-state index in [0.29, 0.717) is 0 Å². The molecule has 0 saturated carbocycles. The molecule has 0 fully saturated rings. The summed E-state index contributed by atoms with van der Waals surface area (Å²) in [6.07, 6.45) is 5.01. The summed E-state index contributed by atoms with van der Waals surface area (Å²) in [4.78, 5) is 16.6. The van der Waals surface area contributed by atoms with Crippen molar-refractivity contribution >= 4 is 33.6 Å². The topological polar surface area (TPSA) is 41.9 Å². The fourth-order valence-corrected chi connectivity index (χ4v) is 4.43. The lowest BCUT2D eigenvalue weighted by molar-refractivity contribution is 0.244. The van der Waals surface area contributed by atoms with Gasteiger partial charge in [-0.25, -0.2) is 15.0 Å².